The highest BCUT2D eigenvalue weighted by Crippen LogP contribution is 2.23. The maximum Gasteiger partial charge on any atom is 0.126 e. The molecule has 0 aromatic heterocycles. The average molecular weight is 234 g/mol. The molecule has 0 radical (unpaired) electrons. The van der Waals surface area contributed by atoms with Crippen LogP contribution < -0.4 is 5.32 Å². The Morgan fingerprint density at radius 3 is 2.71 bits per heavy atom. The first-order valence-electron chi connectivity index (χ1n) is 6.06. The Kier molecular flexibility index (Phi) is 3.92. The fourth-order valence-electron chi connectivity index (χ4n) is 2.25. The van der Waals surface area contributed by atoms with E-state index < -0.39 is 0 Å². The highest BCUT2D eigenvalue weighted by molar-refractivity contribution is 5.28. The van der Waals surface area contributed by atoms with E-state index in [1.807, 2.05) is 18.2 Å². The quantitative estimate of drug-likeness (QED) is 0.807. The maximum absolute atomic E-state index is 13.6. The van der Waals surface area contributed by atoms with Gasteiger partial charge >= 0.3 is 0 Å². The number of benzene rings is 1. The van der Waals surface area contributed by atoms with Crippen molar-refractivity contribution in [2.24, 2.45) is 0 Å². The lowest BCUT2D eigenvalue weighted by atomic mass is 10.0. The van der Waals surface area contributed by atoms with Gasteiger partial charge < -0.3 is 5.32 Å². The van der Waals surface area contributed by atoms with E-state index in [1.165, 1.54) is 0 Å². The third kappa shape index (κ3) is 2.73. The van der Waals surface area contributed by atoms with Crippen molar-refractivity contribution in [3.05, 3.63) is 47.8 Å². The van der Waals surface area contributed by atoms with Crippen LogP contribution in [0, 0.1) is 12.7 Å². The number of nitrogens with zero attached hydrogens (tertiary/aromatic N) is 1. The smallest absolute Gasteiger partial charge is 0.126 e. The molecule has 0 aliphatic carbocycles. The Morgan fingerprint density at radius 1 is 1.41 bits per heavy atom. The molecule has 1 aromatic rings. The number of nitrogens with one attached hydrogen (secondary N) is 1. The van der Waals surface area contributed by atoms with Crippen LogP contribution in [0.25, 0.3) is 0 Å². The number of hydrogen-bond acceptors (Lipinski definition) is 2. The third-order valence-corrected chi connectivity index (χ3v) is 3.31. The van der Waals surface area contributed by atoms with Crippen LogP contribution in [0.5, 0.6) is 0 Å². The Morgan fingerprint density at radius 2 is 2.12 bits per heavy atom. The van der Waals surface area contributed by atoms with E-state index in [0.29, 0.717) is 5.56 Å². The topological polar surface area (TPSA) is 15.3 Å². The minimum atomic E-state index is -0.135. The van der Waals surface area contributed by atoms with Gasteiger partial charge in [-0.1, -0.05) is 18.2 Å². The number of rotatable bonds is 3. The van der Waals surface area contributed by atoms with Crippen molar-refractivity contribution < 1.29 is 4.39 Å². The summed E-state index contributed by atoms with van der Waals surface area (Å²) in [6, 6.07) is 5.58. The van der Waals surface area contributed by atoms with Gasteiger partial charge in [0, 0.05) is 26.2 Å². The van der Waals surface area contributed by atoms with E-state index in [4.69, 9.17) is 0 Å². The zero-order chi connectivity index (χ0) is 12.3. The minimum absolute atomic E-state index is 0.118. The number of piperazine rings is 1. The van der Waals surface area contributed by atoms with E-state index in [-0.39, 0.29) is 11.9 Å². The monoisotopic (exact) mass is 234 g/mol. The molecule has 1 atom stereocenters. The first kappa shape index (κ1) is 12.3. The van der Waals surface area contributed by atoms with Gasteiger partial charge in [-0.3, -0.25) is 4.90 Å². The van der Waals surface area contributed by atoms with Crippen LogP contribution in [0.1, 0.15) is 17.2 Å². The average Bonchev–Trinajstić information content (AvgIpc) is 2.36. The molecule has 17 heavy (non-hydrogen) atoms. The lowest BCUT2D eigenvalue weighted by Crippen LogP contribution is -2.44. The van der Waals surface area contributed by atoms with Crippen LogP contribution in [0.15, 0.2) is 30.9 Å². The molecule has 1 fully saturated rings. The summed E-state index contributed by atoms with van der Waals surface area (Å²) in [5, 5.41) is 3.32. The van der Waals surface area contributed by atoms with Crippen molar-refractivity contribution in [2.45, 2.75) is 13.0 Å². The lowest BCUT2D eigenvalue weighted by Gasteiger charge is -2.33. The van der Waals surface area contributed by atoms with Crippen LogP contribution in [0.3, 0.4) is 0 Å². The van der Waals surface area contributed by atoms with E-state index >= 15 is 0 Å². The van der Waals surface area contributed by atoms with Crippen molar-refractivity contribution in [1.82, 2.24) is 10.2 Å². The standard InChI is InChI=1S/C14H19FN2/c1-3-14(17-8-6-16-7-9-17)12-5-4-11(2)13(15)10-12/h3-5,10,14,16H,1,6-9H2,2H3/t14-/m1/s1. The molecule has 0 unspecified atom stereocenters. The van der Waals surface area contributed by atoms with Gasteiger partial charge in [-0.15, -0.1) is 6.58 Å². The predicted octanol–water partition coefficient (Wildman–Crippen LogP) is 2.27. The van der Waals surface area contributed by atoms with Gasteiger partial charge in [0.25, 0.3) is 0 Å². The summed E-state index contributed by atoms with van der Waals surface area (Å²) in [4.78, 5) is 2.33. The number of halogens is 1. The summed E-state index contributed by atoms with van der Waals surface area (Å²) in [5.74, 6) is -0.135. The molecule has 2 nitrogen and oxygen atoms in total. The van der Waals surface area contributed by atoms with Crippen LogP contribution in [-0.4, -0.2) is 31.1 Å². The van der Waals surface area contributed by atoms with E-state index in [1.54, 1.807) is 13.0 Å². The molecular weight excluding hydrogens is 215 g/mol. The van der Waals surface area contributed by atoms with E-state index in [0.717, 1.165) is 31.7 Å². The Labute approximate surface area is 102 Å². The zero-order valence-electron chi connectivity index (χ0n) is 10.2. The largest absolute Gasteiger partial charge is 0.314 e. The lowest BCUT2D eigenvalue weighted by molar-refractivity contribution is 0.203. The molecular formula is C14H19FN2. The molecule has 1 aromatic carbocycles. The molecule has 1 aliphatic heterocycles. The second kappa shape index (κ2) is 5.43. The van der Waals surface area contributed by atoms with Crippen molar-refractivity contribution in [2.75, 3.05) is 26.2 Å². The molecule has 3 heteroatoms. The van der Waals surface area contributed by atoms with Gasteiger partial charge in [0.15, 0.2) is 0 Å². The second-order valence-electron chi connectivity index (χ2n) is 4.48. The molecule has 0 bridgehead atoms. The van der Waals surface area contributed by atoms with Gasteiger partial charge in [0.2, 0.25) is 0 Å². The Bertz CT molecular complexity index is 397. The molecule has 0 spiro atoms. The van der Waals surface area contributed by atoms with Crippen LogP contribution in [0.2, 0.25) is 0 Å². The van der Waals surface area contributed by atoms with Crippen molar-refractivity contribution in [3.63, 3.8) is 0 Å². The molecule has 92 valence electrons. The Hall–Kier alpha value is -1.19. The summed E-state index contributed by atoms with van der Waals surface area (Å²) in [7, 11) is 0. The van der Waals surface area contributed by atoms with E-state index in [2.05, 4.69) is 16.8 Å². The summed E-state index contributed by atoms with van der Waals surface area (Å²) < 4.78 is 13.6. The SMILES string of the molecule is C=C[C@H](c1ccc(C)c(F)c1)N1CCNCC1. The molecule has 2 rings (SSSR count). The summed E-state index contributed by atoms with van der Waals surface area (Å²) in [6.07, 6.45) is 1.90. The molecule has 1 N–H and O–H groups in total. The van der Waals surface area contributed by atoms with Gasteiger partial charge in [-0.25, -0.2) is 4.39 Å². The highest BCUT2D eigenvalue weighted by atomic mass is 19.1. The van der Waals surface area contributed by atoms with Gasteiger partial charge in [-0.05, 0) is 24.1 Å². The first-order chi connectivity index (χ1) is 8.22. The van der Waals surface area contributed by atoms with Crippen LogP contribution >= 0.6 is 0 Å². The Balaban J connectivity index is 2.21. The number of hydrogen-bond donors (Lipinski definition) is 1. The third-order valence-electron chi connectivity index (χ3n) is 3.31. The molecule has 0 amide bonds. The maximum atomic E-state index is 13.6. The fourth-order valence-corrected chi connectivity index (χ4v) is 2.25. The summed E-state index contributed by atoms with van der Waals surface area (Å²) >= 11 is 0. The number of aryl methyl sites for hydroxylation is 1. The van der Waals surface area contributed by atoms with E-state index in [9.17, 15) is 4.39 Å². The van der Waals surface area contributed by atoms with Crippen LogP contribution in [0.4, 0.5) is 4.39 Å². The van der Waals surface area contributed by atoms with Gasteiger partial charge in [0.1, 0.15) is 5.82 Å². The first-order valence-corrected chi connectivity index (χ1v) is 6.06. The fraction of sp³-hybridized carbons (Fsp3) is 0.429. The molecule has 1 heterocycles. The molecule has 1 saturated heterocycles. The van der Waals surface area contributed by atoms with Crippen LogP contribution in [-0.2, 0) is 0 Å². The zero-order valence-corrected chi connectivity index (χ0v) is 10.2. The van der Waals surface area contributed by atoms with Crippen molar-refractivity contribution in [1.29, 1.82) is 0 Å². The van der Waals surface area contributed by atoms with Gasteiger partial charge in [0.05, 0.1) is 6.04 Å². The van der Waals surface area contributed by atoms with Gasteiger partial charge in [-0.2, -0.15) is 0 Å². The highest BCUT2D eigenvalue weighted by Gasteiger charge is 2.19. The molecule has 1 aliphatic rings. The molecule has 0 saturated carbocycles. The van der Waals surface area contributed by atoms with Crippen molar-refractivity contribution in [3.8, 4) is 0 Å². The van der Waals surface area contributed by atoms with Crippen molar-refractivity contribution >= 4 is 0 Å². The normalized spacial score (nSPS) is 18.9. The summed E-state index contributed by atoms with van der Waals surface area (Å²) in [6.45, 7) is 9.59. The minimum Gasteiger partial charge on any atom is -0.314 e. The summed E-state index contributed by atoms with van der Waals surface area (Å²) in [5.41, 5.74) is 1.68. The predicted molar refractivity (Wildman–Crippen MR) is 68.5 cm³/mol. The second-order valence-corrected chi connectivity index (χ2v) is 4.48.